The minimum Gasteiger partial charge on any atom is -0.428 e. The monoisotopic (exact) mass is 313 g/mol. The first-order valence-electron chi connectivity index (χ1n) is 5.06. The Morgan fingerprint density at radius 1 is 1.63 bits per heavy atom. The standard InChI is InChI=1S/C8H8N7OPS2/c9-7(12-8-13-11-4-19-8)15-17(18)14-6-5(16-17)2-1-3-10-6/h1-4H,(H4,9,10,12,13,14,15,18). The lowest BCUT2D eigenvalue weighted by Gasteiger charge is -2.10. The van der Waals surface area contributed by atoms with Gasteiger partial charge in [0.25, 0.3) is 0 Å². The van der Waals surface area contributed by atoms with Gasteiger partial charge in [-0.05, 0) is 23.9 Å². The van der Waals surface area contributed by atoms with Gasteiger partial charge in [-0.2, -0.15) is 4.76 Å². The summed E-state index contributed by atoms with van der Waals surface area (Å²) >= 11 is 6.65. The third-order valence-electron chi connectivity index (χ3n) is 2.07. The van der Waals surface area contributed by atoms with Gasteiger partial charge in [0.2, 0.25) is 11.1 Å². The van der Waals surface area contributed by atoms with Crippen molar-refractivity contribution in [3.8, 4) is 5.75 Å². The number of nitrogens with two attached hydrogens (primary N) is 1. The molecule has 0 fully saturated rings. The molecular weight excluding hydrogens is 305 g/mol. The molecule has 1 unspecified atom stereocenters. The predicted octanol–water partition coefficient (Wildman–Crippen LogP) is 1.39. The maximum Gasteiger partial charge on any atom is 0.325 e. The fourth-order valence-electron chi connectivity index (χ4n) is 1.39. The Morgan fingerprint density at radius 2 is 2.53 bits per heavy atom. The molecule has 0 aromatic carbocycles. The molecule has 0 aliphatic carbocycles. The van der Waals surface area contributed by atoms with E-state index >= 15 is 0 Å². The molecule has 0 saturated heterocycles. The Labute approximate surface area is 117 Å². The fourth-order valence-corrected chi connectivity index (χ4v) is 3.92. The summed E-state index contributed by atoms with van der Waals surface area (Å²) in [4.78, 5) is 4.11. The van der Waals surface area contributed by atoms with Gasteiger partial charge in [0.15, 0.2) is 11.6 Å². The third kappa shape index (κ3) is 2.65. The lowest BCUT2D eigenvalue weighted by molar-refractivity contribution is 0.632. The van der Waals surface area contributed by atoms with Gasteiger partial charge in [-0.15, -0.1) is 10.2 Å². The van der Waals surface area contributed by atoms with E-state index in [4.69, 9.17) is 22.1 Å². The maximum atomic E-state index is 5.76. The van der Waals surface area contributed by atoms with E-state index in [1.807, 2.05) is 0 Å². The number of guanidine groups is 1. The minimum absolute atomic E-state index is 0.125. The number of hydrogen-bond acceptors (Lipinski definition) is 6. The number of aromatic nitrogens is 3. The van der Waals surface area contributed by atoms with Crippen LogP contribution in [0.15, 0.2) is 28.6 Å². The second-order valence-electron chi connectivity index (χ2n) is 3.43. The number of pyridine rings is 1. The molecule has 0 bridgehead atoms. The number of nitrogens with zero attached hydrogens (tertiary/aromatic N) is 4. The highest BCUT2D eigenvalue weighted by Crippen LogP contribution is 2.56. The molecule has 0 radical (unpaired) electrons. The van der Waals surface area contributed by atoms with Crippen LogP contribution in [0, 0.1) is 0 Å². The molecule has 0 amide bonds. The largest absolute Gasteiger partial charge is 0.428 e. The predicted molar refractivity (Wildman–Crippen MR) is 77.9 cm³/mol. The van der Waals surface area contributed by atoms with E-state index in [1.54, 1.807) is 23.8 Å². The Hall–Kier alpha value is -1.77. The molecule has 4 N–H and O–H groups in total. The SMILES string of the molecule is N/C(=N\P1(=S)Nc2ncccc2O1)Nc1nncs1. The molecule has 98 valence electrons. The molecule has 1 aliphatic heterocycles. The molecule has 8 nitrogen and oxygen atoms in total. The third-order valence-corrected chi connectivity index (χ3v) is 4.84. The molecule has 19 heavy (non-hydrogen) atoms. The van der Waals surface area contributed by atoms with Crippen molar-refractivity contribution in [3.63, 3.8) is 0 Å². The molecule has 2 aromatic heterocycles. The summed E-state index contributed by atoms with van der Waals surface area (Å²) in [6, 6.07) is 3.53. The van der Waals surface area contributed by atoms with Gasteiger partial charge >= 0.3 is 6.57 Å². The lowest BCUT2D eigenvalue weighted by Crippen LogP contribution is -2.22. The number of hydrogen-bond donors (Lipinski definition) is 3. The molecule has 1 aliphatic rings. The number of anilines is 2. The molecule has 3 rings (SSSR count). The topological polar surface area (TPSA) is 110 Å². The molecule has 11 heteroatoms. The first kappa shape index (κ1) is 12.3. The van der Waals surface area contributed by atoms with E-state index in [0.29, 0.717) is 16.7 Å². The molecule has 0 spiro atoms. The van der Waals surface area contributed by atoms with Gasteiger partial charge in [-0.1, -0.05) is 11.3 Å². The van der Waals surface area contributed by atoms with Gasteiger partial charge in [0.05, 0.1) is 0 Å². The first-order chi connectivity index (χ1) is 9.15. The lowest BCUT2D eigenvalue weighted by atomic mass is 10.4. The van der Waals surface area contributed by atoms with Crippen molar-refractivity contribution in [3.05, 3.63) is 23.8 Å². The van der Waals surface area contributed by atoms with Gasteiger partial charge < -0.3 is 15.6 Å². The summed E-state index contributed by atoms with van der Waals surface area (Å²) in [5.41, 5.74) is 7.34. The average molecular weight is 313 g/mol. The zero-order valence-corrected chi connectivity index (χ0v) is 11.9. The quantitative estimate of drug-likeness (QED) is 0.433. The summed E-state index contributed by atoms with van der Waals surface area (Å²) in [5, 5.41) is 13.8. The summed E-state index contributed by atoms with van der Waals surface area (Å²) in [7, 11) is 0. The normalized spacial score (nSPS) is 21.4. The van der Waals surface area contributed by atoms with Crippen LogP contribution in [0.3, 0.4) is 0 Å². The maximum absolute atomic E-state index is 5.76. The smallest absolute Gasteiger partial charge is 0.325 e. The second-order valence-corrected chi connectivity index (χ2v) is 7.39. The summed E-state index contributed by atoms with van der Waals surface area (Å²) < 4.78 is 9.77. The van der Waals surface area contributed by atoms with Crippen LogP contribution in [-0.4, -0.2) is 21.1 Å². The molecule has 0 saturated carbocycles. The number of rotatable bonds is 2. The van der Waals surface area contributed by atoms with Gasteiger partial charge in [0.1, 0.15) is 5.51 Å². The second kappa shape index (κ2) is 4.72. The van der Waals surface area contributed by atoms with E-state index in [9.17, 15) is 0 Å². The van der Waals surface area contributed by atoms with Crippen LogP contribution in [0.25, 0.3) is 0 Å². The van der Waals surface area contributed by atoms with Crippen molar-refractivity contribution in [1.82, 2.24) is 15.2 Å². The van der Waals surface area contributed by atoms with Gasteiger partial charge in [0, 0.05) is 6.20 Å². The van der Waals surface area contributed by atoms with Crippen LogP contribution in [0.4, 0.5) is 10.9 Å². The molecular formula is C8H8N7OPS2. The van der Waals surface area contributed by atoms with Crippen molar-refractivity contribution >= 4 is 46.6 Å². The van der Waals surface area contributed by atoms with Crippen molar-refractivity contribution in [1.29, 1.82) is 0 Å². The van der Waals surface area contributed by atoms with E-state index < -0.39 is 6.57 Å². The Kier molecular flexibility index (Phi) is 3.05. The van der Waals surface area contributed by atoms with Crippen LogP contribution >= 0.6 is 17.9 Å². The highest BCUT2D eigenvalue weighted by molar-refractivity contribution is 8.12. The van der Waals surface area contributed by atoms with Gasteiger partial charge in [-0.3, -0.25) is 5.09 Å². The summed E-state index contributed by atoms with van der Waals surface area (Å²) in [6.45, 7) is -2.65. The van der Waals surface area contributed by atoms with Crippen LogP contribution in [0.5, 0.6) is 5.75 Å². The molecule has 2 aromatic rings. The highest BCUT2D eigenvalue weighted by Gasteiger charge is 2.30. The zero-order chi connectivity index (χ0) is 13.3. The summed E-state index contributed by atoms with van der Waals surface area (Å²) in [5.74, 6) is 1.29. The number of nitrogens with one attached hydrogen (secondary N) is 2. The van der Waals surface area contributed by atoms with Crippen LogP contribution in [0.1, 0.15) is 0 Å². The van der Waals surface area contributed by atoms with Crippen molar-refractivity contribution in [2.75, 3.05) is 10.4 Å². The van der Waals surface area contributed by atoms with Crippen LogP contribution in [-0.2, 0) is 11.8 Å². The molecule has 3 heterocycles. The van der Waals surface area contributed by atoms with E-state index in [2.05, 4.69) is 30.3 Å². The highest BCUT2D eigenvalue weighted by atomic mass is 32.4. The van der Waals surface area contributed by atoms with E-state index in [-0.39, 0.29) is 5.96 Å². The Morgan fingerprint density at radius 3 is 3.26 bits per heavy atom. The van der Waals surface area contributed by atoms with Crippen molar-refractivity contribution < 1.29 is 4.52 Å². The van der Waals surface area contributed by atoms with Crippen molar-refractivity contribution in [2.45, 2.75) is 0 Å². The molecule has 1 atom stereocenters. The Bertz CT molecular complexity index is 644. The number of fused-ring (bicyclic) bond motifs is 1. The minimum atomic E-state index is -2.65. The summed E-state index contributed by atoms with van der Waals surface area (Å²) in [6.07, 6.45) is 1.65. The van der Waals surface area contributed by atoms with Crippen LogP contribution < -0.4 is 20.7 Å². The zero-order valence-electron chi connectivity index (χ0n) is 9.35. The fraction of sp³-hybridized carbons (Fsp3) is 0. The van der Waals surface area contributed by atoms with E-state index in [1.165, 1.54) is 11.3 Å². The first-order valence-corrected chi connectivity index (χ1v) is 8.62. The van der Waals surface area contributed by atoms with Crippen molar-refractivity contribution in [2.24, 2.45) is 10.5 Å². The average Bonchev–Trinajstić information content (AvgIpc) is 2.94. The van der Waals surface area contributed by atoms with Crippen LogP contribution in [0.2, 0.25) is 0 Å². The van der Waals surface area contributed by atoms with E-state index in [0.717, 1.165) is 0 Å². The van der Waals surface area contributed by atoms with Gasteiger partial charge in [-0.25, -0.2) is 4.98 Å². The Balaban J connectivity index is 1.79.